The van der Waals surface area contributed by atoms with E-state index >= 15 is 0 Å². The van der Waals surface area contributed by atoms with Gasteiger partial charge in [-0.15, -0.1) is 4.57 Å². The molecule has 0 aliphatic rings. The average molecular weight is 492 g/mol. The van der Waals surface area contributed by atoms with E-state index in [0.717, 1.165) is 10.9 Å². The predicted octanol–water partition coefficient (Wildman–Crippen LogP) is 4.12. The molecule has 0 amide bonds. The number of anilines is 2. The van der Waals surface area contributed by atoms with Crippen molar-refractivity contribution in [3.8, 4) is 16.8 Å². The standard InChI is InChI=1S/C24H26F3N4O2S/c1-14-5-4-6-15(9-14)17-11-18(28)16(12-30-8-7-23(2,3)33)10-20(17)31-21(32)19(29)13-34-22(31)24(25,26)27/h4-6,9-13,33H,7-8,28-29H2,1-3H3/q+1. The third-order valence-electron chi connectivity index (χ3n) is 5.05. The first-order valence-corrected chi connectivity index (χ1v) is 11.3. The van der Waals surface area contributed by atoms with Crippen LogP contribution in [0.5, 0.6) is 0 Å². The number of hydrogen-bond donors (Lipinski definition) is 3. The van der Waals surface area contributed by atoms with E-state index in [4.69, 9.17) is 11.5 Å². The molecule has 1 aromatic heterocycles. The van der Waals surface area contributed by atoms with Crippen molar-refractivity contribution in [1.29, 1.82) is 0 Å². The summed E-state index contributed by atoms with van der Waals surface area (Å²) in [6.07, 6.45) is -2.98. The number of nitrogens with zero attached hydrogens (tertiary/aromatic N) is 2. The Morgan fingerprint density at radius 1 is 1.15 bits per heavy atom. The SMILES string of the molecule is Cc1cccc(-c2cc(N)c(C=NCCC(C)(C)O)cc2-[n+]2c(C(F)(F)F)scc(N)c2=O)c1. The highest BCUT2D eigenvalue weighted by molar-refractivity contribution is 7.09. The van der Waals surface area contributed by atoms with Crippen molar-refractivity contribution in [2.75, 3.05) is 18.0 Å². The van der Waals surface area contributed by atoms with Crippen LogP contribution in [0.1, 0.15) is 36.4 Å². The Balaban J connectivity index is 2.29. The lowest BCUT2D eigenvalue weighted by atomic mass is 9.98. The molecule has 5 N–H and O–H groups in total. The topological polar surface area (TPSA) is 106 Å². The molecular weight excluding hydrogens is 465 g/mol. The van der Waals surface area contributed by atoms with Gasteiger partial charge in [0.15, 0.2) is 5.69 Å². The fourth-order valence-electron chi connectivity index (χ4n) is 3.32. The summed E-state index contributed by atoms with van der Waals surface area (Å²) in [5.74, 6) is 0. The van der Waals surface area contributed by atoms with Crippen molar-refractivity contribution < 1.29 is 22.8 Å². The Kier molecular flexibility index (Phi) is 7.13. The van der Waals surface area contributed by atoms with Gasteiger partial charge in [0, 0.05) is 35.5 Å². The van der Waals surface area contributed by atoms with E-state index in [1.807, 2.05) is 13.0 Å². The maximum absolute atomic E-state index is 13.9. The van der Waals surface area contributed by atoms with E-state index in [2.05, 4.69) is 4.99 Å². The zero-order valence-electron chi connectivity index (χ0n) is 19.0. The van der Waals surface area contributed by atoms with Gasteiger partial charge in [-0.2, -0.15) is 13.2 Å². The zero-order chi connectivity index (χ0) is 25.3. The summed E-state index contributed by atoms with van der Waals surface area (Å²) in [5.41, 5.74) is 12.2. The van der Waals surface area contributed by atoms with E-state index in [0.29, 0.717) is 39.0 Å². The molecule has 34 heavy (non-hydrogen) atoms. The molecule has 0 aliphatic carbocycles. The van der Waals surface area contributed by atoms with Crippen LogP contribution in [0.4, 0.5) is 24.5 Å². The van der Waals surface area contributed by atoms with Crippen LogP contribution in [0, 0.1) is 6.92 Å². The summed E-state index contributed by atoms with van der Waals surface area (Å²) in [4.78, 5) is 17.2. The van der Waals surface area contributed by atoms with Crippen LogP contribution < -0.4 is 21.6 Å². The van der Waals surface area contributed by atoms with Gasteiger partial charge >= 0.3 is 16.7 Å². The van der Waals surface area contributed by atoms with Crippen molar-refractivity contribution in [3.05, 3.63) is 68.3 Å². The molecule has 0 saturated carbocycles. The van der Waals surface area contributed by atoms with E-state index < -0.39 is 22.3 Å². The molecule has 0 atom stereocenters. The minimum absolute atomic E-state index is 0.00962. The second kappa shape index (κ2) is 9.55. The van der Waals surface area contributed by atoms with Gasteiger partial charge in [-0.25, -0.2) is 4.79 Å². The van der Waals surface area contributed by atoms with Crippen molar-refractivity contribution in [2.45, 2.75) is 39.0 Å². The van der Waals surface area contributed by atoms with Gasteiger partial charge in [0.25, 0.3) is 0 Å². The smallest absolute Gasteiger partial charge is 0.398 e. The minimum atomic E-state index is -4.79. The van der Waals surface area contributed by atoms with Gasteiger partial charge in [-0.3, -0.25) is 4.99 Å². The number of halogens is 3. The molecule has 3 aromatic rings. The Morgan fingerprint density at radius 2 is 1.85 bits per heavy atom. The molecule has 3 rings (SSSR count). The summed E-state index contributed by atoms with van der Waals surface area (Å²) in [7, 11) is 0. The zero-order valence-corrected chi connectivity index (χ0v) is 19.8. The lowest BCUT2D eigenvalue weighted by Gasteiger charge is -2.14. The van der Waals surface area contributed by atoms with E-state index in [9.17, 15) is 23.1 Å². The lowest BCUT2D eigenvalue weighted by molar-refractivity contribution is -0.628. The van der Waals surface area contributed by atoms with E-state index in [1.165, 1.54) is 18.3 Å². The minimum Gasteiger partial charge on any atom is -0.398 e. The van der Waals surface area contributed by atoms with Crippen LogP contribution in [-0.2, 0) is 6.18 Å². The van der Waals surface area contributed by atoms with Crippen molar-refractivity contribution in [3.63, 3.8) is 0 Å². The lowest BCUT2D eigenvalue weighted by Crippen LogP contribution is -2.53. The Morgan fingerprint density at radius 3 is 2.47 bits per heavy atom. The van der Waals surface area contributed by atoms with Gasteiger partial charge in [-0.1, -0.05) is 41.2 Å². The van der Waals surface area contributed by atoms with Crippen LogP contribution in [-0.4, -0.2) is 23.5 Å². The number of aliphatic imine (C=N–C) groups is 1. The highest BCUT2D eigenvalue weighted by atomic mass is 32.1. The van der Waals surface area contributed by atoms with Crippen molar-refractivity contribution in [1.82, 2.24) is 0 Å². The number of rotatable bonds is 6. The van der Waals surface area contributed by atoms with Crippen molar-refractivity contribution >= 4 is 28.9 Å². The van der Waals surface area contributed by atoms with E-state index in [-0.39, 0.29) is 23.6 Å². The molecule has 180 valence electrons. The second-order valence-electron chi connectivity index (χ2n) is 8.60. The molecule has 0 radical (unpaired) electrons. The Hall–Kier alpha value is -3.24. The fraction of sp³-hybridized carbons (Fsp3) is 0.292. The quantitative estimate of drug-likeness (QED) is 0.274. The molecule has 0 spiro atoms. The average Bonchev–Trinajstić information content (AvgIpc) is 2.72. The predicted molar refractivity (Wildman–Crippen MR) is 129 cm³/mol. The molecular formula is C24H26F3N4O2S+. The second-order valence-corrected chi connectivity index (χ2v) is 9.46. The number of alkyl halides is 3. The number of aryl methyl sites for hydroxylation is 1. The number of benzene rings is 2. The van der Waals surface area contributed by atoms with Gasteiger partial charge in [0.1, 0.15) is 0 Å². The first-order chi connectivity index (χ1) is 15.8. The molecule has 0 fully saturated rings. The summed E-state index contributed by atoms with van der Waals surface area (Å²) in [6, 6.07) is 10.1. The van der Waals surface area contributed by atoms with Gasteiger partial charge in [-0.05, 0) is 38.8 Å². The highest BCUT2D eigenvalue weighted by Crippen LogP contribution is 2.33. The fourth-order valence-corrected chi connectivity index (χ4v) is 4.08. The Labute approximate surface area is 199 Å². The van der Waals surface area contributed by atoms with Gasteiger partial charge in [0.05, 0.1) is 11.2 Å². The van der Waals surface area contributed by atoms with Crippen LogP contribution in [0.25, 0.3) is 16.8 Å². The summed E-state index contributed by atoms with van der Waals surface area (Å²) < 4.78 is 42.3. The molecule has 10 heteroatoms. The van der Waals surface area contributed by atoms with Gasteiger partial charge in [0.2, 0.25) is 5.69 Å². The summed E-state index contributed by atoms with van der Waals surface area (Å²) in [6.45, 7) is 5.44. The molecule has 0 saturated heterocycles. The van der Waals surface area contributed by atoms with Gasteiger partial charge < -0.3 is 16.6 Å². The maximum atomic E-state index is 13.9. The third-order valence-corrected chi connectivity index (χ3v) is 6.06. The number of aromatic nitrogens is 1. The summed E-state index contributed by atoms with van der Waals surface area (Å²) >= 11 is 0.343. The number of nitrogens with two attached hydrogens (primary N) is 2. The third kappa shape index (κ3) is 5.81. The molecule has 6 nitrogen and oxygen atoms in total. The molecule has 0 unspecified atom stereocenters. The number of hydrogen-bond acceptors (Lipinski definition) is 6. The van der Waals surface area contributed by atoms with Crippen LogP contribution in [0.15, 0.2) is 51.6 Å². The highest BCUT2D eigenvalue weighted by Gasteiger charge is 2.45. The normalized spacial score (nSPS) is 12.4. The van der Waals surface area contributed by atoms with Crippen LogP contribution in [0.2, 0.25) is 0 Å². The number of aliphatic hydroxyl groups is 1. The van der Waals surface area contributed by atoms with Crippen LogP contribution >= 0.6 is 11.3 Å². The Bertz CT molecular complexity index is 1290. The summed E-state index contributed by atoms with van der Waals surface area (Å²) in [5, 5.41) is 9.73. The largest absolute Gasteiger partial charge is 0.489 e. The maximum Gasteiger partial charge on any atom is 0.489 e. The molecule has 0 aliphatic heterocycles. The number of nitrogen functional groups attached to an aromatic ring is 2. The molecule has 0 bridgehead atoms. The van der Waals surface area contributed by atoms with E-state index in [1.54, 1.807) is 32.0 Å². The monoisotopic (exact) mass is 491 g/mol. The first kappa shape index (κ1) is 25.4. The molecule has 2 aromatic carbocycles. The van der Waals surface area contributed by atoms with Crippen molar-refractivity contribution in [2.24, 2.45) is 4.99 Å². The molecule has 1 heterocycles. The first-order valence-electron chi connectivity index (χ1n) is 10.4. The van der Waals surface area contributed by atoms with Crippen LogP contribution in [0.3, 0.4) is 0 Å².